The molecule has 0 saturated carbocycles. The second kappa shape index (κ2) is 5.19. The quantitative estimate of drug-likeness (QED) is 0.649. The van der Waals surface area contributed by atoms with Crippen molar-refractivity contribution in [3.8, 4) is 0 Å². The zero-order valence-corrected chi connectivity index (χ0v) is 8.38. The fourth-order valence-electron chi connectivity index (χ4n) is 1.24. The Morgan fingerprint density at radius 1 is 1.46 bits per heavy atom. The third-order valence-corrected chi connectivity index (χ3v) is 2.30. The molecule has 1 N–H and O–H groups in total. The number of carbonyl (C=O) groups excluding carboxylic acids is 1. The Bertz CT molecular complexity index is 165. The van der Waals surface area contributed by atoms with Gasteiger partial charge in [0, 0.05) is 26.2 Å². The van der Waals surface area contributed by atoms with Crippen molar-refractivity contribution in [2.75, 3.05) is 32.8 Å². The van der Waals surface area contributed by atoms with Crippen molar-refractivity contribution in [3.05, 3.63) is 0 Å². The van der Waals surface area contributed by atoms with Crippen LogP contribution in [0.1, 0.15) is 13.8 Å². The van der Waals surface area contributed by atoms with Crippen LogP contribution >= 0.6 is 0 Å². The molecule has 0 bridgehead atoms. The van der Waals surface area contributed by atoms with Crippen molar-refractivity contribution in [2.24, 2.45) is 0 Å². The van der Waals surface area contributed by atoms with E-state index < -0.39 is 0 Å². The van der Waals surface area contributed by atoms with Crippen molar-refractivity contribution in [2.45, 2.75) is 20.0 Å². The number of carbonyl (C=O) groups is 1. The molecule has 1 aliphatic heterocycles. The van der Waals surface area contributed by atoms with Gasteiger partial charge in [-0.3, -0.25) is 4.79 Å². The number of rotatable bonds is 5. The van der Waals surface area contributed by atoms with E-state index in [0.29, 0.717) is 0 Å². The predicted octanol–water partition coefficient (Wildman–Crippen LogP) is -0.157. The summed E-state index contributed by atoms with van der Waals surface area (Å²) in [6.07, 6.45) is 0.250. The van der Waals surface area contributed by atoms with Crippen LogP contribution in [0.15, 0.2) is 0 Å². The summed E-state index contributed by atoms with van der Waals surface area (Å²) >= 11 is 0. The van der Waals surface area contributed by atoms with E-state index in [-0.39, 0.29) is 18.6 Å². The third-order valence-electron chi connectivity index (χ3n) is 2.30. The molecule has 4 nitrogen and oxygen atoms in total. The molecule has 13 heavy (non-hydrogen) atoms. The molecular formula is C9H18N2O2. The average molecular weight is 186 g/mol. The van der Waals surface area contributed by atoms with Crippen molar-refractivity contribution in [1.29, 1.82) is 0 Å². The van der Waals surface area contributed by atoms with Gasteiger partial charge < -0.3 is 15.0 Å². The molecule has 1 amide bonds. The van der Waals surface area contributed by atoms with Gasteiger partial charge in [-0.2, -0.15) is 0 Å². The fourth-order valence-corrected chi connectivity index (χ4v) is 1.24. The zero-order chi connectivity index (χ0) is 9.68. The Morgan fingerprint density at radius 2 is 2.08 bits per heavy atom. The topological polar surface area (TPSA) is 41.6 Å². The smallest absolute Gasteiger partial charge is 0.248 e. The van der Waals surface area contributed by atoms with E-state index in [1.807, 2.05) is 13.8 Å². The third kappa shape index (κ3) is 2.97. The van der Waals surface area contributed by atoms with Crippen LogP contribution in [-0.4, -0.2) is 49.7 Å². The number of ether oxygens (including phenoxy) is 1. The first kappa shape index (κ1) is 10.5. The van der Waals surface area contributed by atoms with Gasteiger partial charge in [-0.05, 0) is 13.8 Å². The lowest BCUT2D eigenvalue weighted by atomic mass is 10.2. The SMILES string of the molecule is CCN(CC)C(=O)COC1CNC1. The Morgan fingerprint density at radius 3 is 2.46 bits per heavy atom. The summed E-state index contributed by atoms with van der Waals surface area (Å²) in [5, 5.41) is 3.09. The maximum Gasteiger partial charge on any atom is 0.248 e. The minimum absolute atomic E-state index is 0.0944. The fraction of sp³-hybridized carbons (Fsp3) is 0.889. The number of amides is 1. The second-order valence-corrected chi connectivity index (χ2v) is 3.16. The zero-order valence-electron chi connectivity index (χ0n) is 8.38. The largest absolute Gasteiger partial charge is 0.366 e. The van der Waals surface area contributed by atoms with Crippen LogP contribution in [0.3, 0.4) is 0 Å². The van der Waals surface area contributed by atoms with Gasteiger partial charge in [0.05, 0.1) is 6.10 Å². The van der Waals surface area contributed by atoms with Crippen LogP contribution in [0.4, 0.5) is 0 Å². The molecule has 1 fully saturated rings. The van der Waals surface area contributed by atoms with Gasteiger partial charge in [0.25, 0.3) is 0 Å². The van der Waals surface area contributed by atoms with Crippen LogP contribution < -0.4 is 5.32 Å². The van der Waals surface area contributed by atoms with E-state index in [1.54, 1.807) is 4.90 Å². The molecule has 0 spiro atoms. The molecule has 0 aromatic rings. The Kier molecular flexibility index (Phi) is 4.18. The average Bonchev–Trinajstić information content (AvgIpc) is 2.04. The summed E-state index contributed by atoms with van der Waals surface area (Å²) in [6.45, 7) is 7.48. The van der Waals surface area contributed by atoms with Crippen molar-refractivity contribution in [3.63, 3.8) is 0 Å². The van der Waals surface area contributed by atoms with E-state index in [0.717, 1.165) is 26.2 Å². The number of likely N-dealkylation sites (N-methyl/N-ethyl adjacent to an activating group) is 1. The molecule has 1 aliphatic rings. The summed E-state index contributed by atoms with van der Waals surface area (Å²) < 4.78 is 5.37. The summed E-state index contributed by atoms with van der Waals surface area (Å²) in [4.78, 5) is 13.2. The highest BCUT2D eigenvalue weighted by atomic mass is 16.5. The maximum absolute atomic E-state index is 11.4. The van der Waals surface area contributed by atoms with Gasteiger partial charge in [0.2, 0.25) is 5.91 Å². The summed E-state index contributed by atoms with van der Waals surface area (Å²) in [7, 11) is 0. The molecule has 0 aromatic carbocycles. The second-order valence-electron chi connectivity index (χ2n) is 3.16. The lowest BCUT2D eigenvalue weighted by Crippen LogP contribution is -2.49. The van der Waals surface area contributed by atoms with Gasteiger partial charge in [-0.1, -0.05) is 0 Å². The predicted molar refractivity (Wildman–Crippen MR) is 50.5 cm³/mol. The number of hydrogen-bond donors (Lipinski definition) is 1. The van der Waals surface area contributed by atoms with Crippen molar-refractivity contribution in [1.82, 2.24) is 10.2 Å². The van der Waals surface area contributed by atoms with E-state index >= 15 is 0 Å². The van der Waals surface area contributed by atoms with Crippen LogP contribution in [0.25, 0.3) is 0 Å². The summed E-state index contributed by atoms with van der Waals surface area (Å²) in [5.74, 6) is 0.0944. The first-order valence-corrected chi connectivity index (χ1v) is 4.88. The molecule has 1 rings (SSSR count). The van der Waals surface area contributed by atoms with Gasteiger partial charge in [0.1, 0.15) is 6.61 Å². The van der Waals surface area contributed by atoms with Crippen LogP contribution in [0, 0.1) is 0 Å². The van der Waals surface area contributed by atoms with E-state index in [1.165, 1.54) is 0 Å². The van der Waals surface area contributed by atoms with E-state index in [2.05, 4.69) is 5.32 Å². The lowest BCUT2D eigenvalue weighted by molar-refractivity contribution is -0.138. The normalized spacial score (nSPS) is 16.8. The molecule has 1 saturated heterocycles. The molecule has 1 heterocycles. The molecule has 0 aliphatic carbocycles. The standard InChI is InChI=1S/C9H18N2O2/c1-3-11(4-2)9(12)7-13-8-5-10-6-8/h8,10H,3-7H2,1-2H3. The van der Waals surface area contributed by atoms with Gasteiger partial charge in [0.15, 0.2) is 0 Å². The first-order chi connectivity index (χ1) is 6.27. The first-order valence-electron chi connectivity index (χ1n) is 4.88. The van der Waals surface area contributed by atoms with Gasteiger partial charge in [-0.25, -0.2) is 0 Å². The number of hydrogen-bond acceptors (Lipinski definition) is 3. The van der Waals surface area contributed by atoms with E-state index in [4.69, 9.17) is 4.74 Å². The highest BCUT2D eigenvalue weighted by Gasteiger charge is 2.19. The van der Waals surface area contributed by atoms with Crippen molar-refractivity contribution >= 4 is 5.91 Å². The summed E-state index contributed by atoms with van der Waals surface area (Å²) in [5.41, 5.74) is 0. The van der Waals surface area contributed by atoms with Crippen molar-refractivity contribution < 1.29 is 9.53 Å². The van der Waals surface area contributed by atoms with Crippen LogP contribution in [0.5, 0.6) is 0 Å². The summed E-state index contributed by atoms with van der Waals surface area (Å²) in [6, 6.07) is 0. The molecule has 4 heteroatoms. The monoisotopic (exact) mass is 186 g/mol. The van der Waals surface area contributed by atoms with E-state index in [9.17, 15) is 4.79 Å². The van der Waals surface area contributed by atoms with Crippen LogP contribution in [0.2, 0.25) is 0 Å². The molecule has 0 unspecified atom stereocenters. The molecule has 0 atom stereocenters. The Labute approximate surface area is 79.2 Å². The van der Waals surface area contributed by atoms with Gasteiger partial charge >= 0.3 is 0 Å². The van der Waals surface area contributed by atoms with Gasteiger partial charge in [-0.15, -0.1) is 0 Å². The van der Waals surface area contributed by atoms with Crippen LogP contribution in [-0.2, 0) is 9.53 Å². The minimum Gasteiger partial charge on any atom is -0.366 e. The Hall–Kier alpha value is -0.610. The molecular weight excluding hydrogens is 168 g/mol. The highest BCUT2D eigenvalue weighted by Crippen LogP contribution is 1.99. The lowest BCUT2D eigenvalue weighted by Gasteiger charge is -2.28. The number of nitrogens with one attached hydrogen (secondary N) is 1. The minimum atomic E-state index is 0.0944. The molecule has 76 valence electrons. The molecule has 0 radical (unpaired) electrons. The highest BCUT2D eigenvalue weighted by molar-refractivity contribution is 5.77. The number of nitrogens with zero attached hydrogens (tertiary/aromatic N) is 1. The molecule has 0 aromatic heterocycles. The maximum atomic E-state index is 11.4. The Balaban J connectivity index is 2.14.